The molecule has 0 amide bonds. The molecule has 0 unspecified atom stereocenters. The van der Waals surface area contributed by atoms with E-state index >= 15 is 0 Å². The maximum Gasteiger partial charge on any atom is 0.188 e. The van der Waals surface area contributed by atoms with E-state index in [0.717, 1.165) is 13.0 Å². The zero-order valence-corrected chi connectivity index (χ0v) is 15.3. The number of hydrogen-bond acceptors (Lipinski definition) is 1. The zero-order chi connectivity index (χ0) is 14.2. The minimum Gasteiger partial charge on any atom is -0.370 e. The number of nitrogens with two attached hydrogens (primary N) is 1. The molecular formula is C17H28IN3. The molecule has 2 rings (SSSR count). The van der Waals surface area contributed by atoms with Gasteiger partial charge in [-0.1, -0.05) is 55.5 Å². The lowest BCUT2D eigenvalue weighted by atomic mass is 10.1. The van der Waals surface area contributed by atoms with Gasteiger partial charge in [0.15, 0.2) is 5.96 Å². The van der Waals surface area contributed by atoms with Crippen molar-refractivity contribution in [2.75, 3.05) is 6.54 Å². The summed E-state index contributed by atoms with van der Waals surface area (Å²) in [5.41, 5.74) is 8.60. The van der Waals surface area contributed by atoms with Crippen LogP contribution >= 0.6 is 24.0 Å². The largest absolute Gasteiger partial charge is 0.370 e. The Kier molecular flexibility index (Phi) is 8.73. The van der Waals surface area contributed by atoms with Crippen molar-refractivity contribution in [1.29, 1.82) is 0 Å². The first-order valence-electron chi connectivity index (χ1n) is 7.86. The molecule has 0 atom stereocenters. The van der Waals surface area contributed by atoms with Crippen LogP contribution in [0, 0.1) is 6.92 Å². The van der Waals surface area contributed by atoms with Crippen molar-refractivity contribution in [3.05, 3.63) is 35.4 Å². The molecule has 1 aromatic rings. The van der Waals surface area contributed by atoms with Gasteiger partial charge in [-0.15, -0.1) is 24.0 Å². The first-order valence-corrected chi connectivity index (χ1v) is 7.86. The van der Waals surface area contributed by atoms with Crippen LogP contribution in [0.3, 0.4) is 0 Å². The van der Waals surface area contributed by atoms with Crippen LogP contribution in [0.15, 0.2) is 29.3 Å². The van der Waals surface area contributed by atoms with Crippen molar-refractivity contribution in [2.24, 2.45) is 10.7 Å². The molecule has 0 bridgehead atoms. The number of aryl methyl sites for hydroxylation is 1. The SMILES string of the molecule is Cc1ccc(CCN=C(N)NC2CCCCCC2)cc1.I. The van der Waals surface area contributed by atoms with Crippen molar-refractivity contribution in [3.8, 4) is 0 Å². The Bertz CT molecular complexity index is 420. The van der Waals surface area contributed by atoms with Gasteiger partial charge < -0.3 is 11.1 Å². The Morgan fingerprint density at radius 3 is 2.38 bits per heavy atom. The normalized spacial score (nSPS) is 16.9. The second-order valence-corrected chi connectivity index (χ2v) is 5.84. The predicted octanol–water partition coefficient (Wildman–Crippen LogP) is 3.78. The van der Waals surface area contributed by atoms with Gasteiger partial charge in [-0.3, -0.25) is 4.99 Å². The molecule has 0 radical (unpaired) electrons. The third kappa shape index (κ3) is 7.16. The first kappa shape index (κ1) is 18.3. The van der Waals surface area contributed by atoms with Crippen LogP contribution in [0.1, 0.15) is 49.7 Å². The third-order valence-electron chi connectivity index (χ3n) is 4.01. The molecule has 3 nitrogen and oxygen atoms in total. The van der Waals surface area contributed by atoms with Crippen molar-refractivity contribution in [3.63, 3.8) is 0 Å². The number of aliphatic imine (C=N–C) groups is 1. The number of nitrogens with zero attached hydrogens (tertiary/aromatic N) is 1. The van der Waals surface area contributed by atoms with Crippen LogP contribution in [0.25, 0.3) is 0 Å². The smallest absolute Gasteiger partial charge is 0.188 e. The number of benzene rings is 1. The molecule has 1 aliphatic carbocycles. The van der Waals surface area contributed by atoms with E-state index in [1.165, 1.54) is 49.7 Å². The van der Waals surface area contributed by atoms with E-state index in [2.05, 4.69) is 41.5 Å². The van der Waals surface area contributed by atoms with E-state index in [0.29, 0.717) is 12.0 Å². The Hall–Kier alpha value is -0.780. The zero-order valence-electron chi connectivity index (χ0n) is 13.0. The molecule has 0 aromatic heterocycles. The van der Waals surface area contributed by atoms with E-state index < -0.39 is 0 Å². The van der Waals surface area contributed by atoms with E-state index in [-0.39, 0.29) is 24.0 Å². The quantitative estimate of drug-likeness (QED) is 0.349. The number of nitrogens with one attached hydrogen (secondary N) is 1. The summed E-state index contributed by atoms with van der Waals surface area (Å²) in [7, 11) is 0. The summed E-state index contributed by atoms with van der Waals surface area (Å²) in [5.74, 6) is 0.615. The highest BCUT2D eigenvalue weighted by atomic mass is 127. The van der Waals surface area contributed by atoms with Crippen molar-refractivity contribution in [2.45, 2.75) is 57.9 Å². The molecule has 1 saturated carbocycles. The van der Waals surface area contributed by atoms with Crippen LogP contribution < -0.4 is 11.1 Å². The average molecular weight is 401 g/mol. The highest BCUT2D eigenvalue weighted by molar-refractivity contribution is 14.0. The molecule has 0 saturated heterocycles. The third-order valence-corrected chi connectivity index (χ3v) is 4.01. The first-order chi connectivity index (χ1) is 9.74. The van der Waals surface area contributed by atoms with Crippen LogP contribution in [0.4, 0.5) is 0 Å². The van der Waals surface area contributed by atoms with Gasteiger partial charge in [0.2, 0.25) is 0 Å². The summed E-state index contributed by atoms with van der Waals surface area (Å²) in [6.07, 6.45) is 8.77. The summed E-state index contributed by atoms with van der Waals surface area (Å²) in [5, 5.41) is 3.38. The lowest BCUT2D eigenvalue weighted by Gasteiger charge is -2.16. The summed E-state index contributed by atoms with van der Waals surface area (Å²) in [6, 6.07) is 9.15. The molecule has 21 heavy (non-hydrogen) atoms. The number of halogens is 1. The fourth-order valence-electron chi connectivity index (χ4n) is 2.74. The van der Waals surface area contributed by atoms with Crippen LogP contribution in [0.2, 0.25) is 0 Å². The van der Waals surface area contributed by atoms with E-state index in [4.69, 9.17) is 5.73 Å². The van der Waals surface area contributed by atoms with Crippen LogP contribution in [0.5, 0.6) is 0 Å². The van der Waals surface area contributed by atoms with E-state index in [1.54, 1.807) is 0 Å². The molecule has 0 heterocycles. The Morgan fingerprint density at radius 2 is 1.76 bits per heavy atom. The highest BCUT2D eigenvalue weighted by Crippen LogP contribution is 2.16. The molecule has 1 aliphatic rings. The van der Waals surface area contributed by atoms with Gasteiger partial charge in [-0.05, 0) is 31.7 Å². The lowest BCUT2D eigenvalue weighted by molar-refractivity contribution is 0.530. The summed E-state index contributed by atoms with van der Waals surface area (Å²) in [6.45, 7) is 2.87. The summed E-state index contributed by atoms with van der Waals surface area (Å²) in [4.78, 5) is 4.45. The minimum atomic E-state index is 0. The second kappa shape index (κ2) is 10.0. The molecule has 3 N–H and O–H groups in total. The van der Waals surface area contributed by atoms with Gasteiger partial charge >= 0.3 is 0 Å². The van der Waals surface area contributed by atoms with Crippen molar-refractivity contribution in [1.82, 2.24) is 5.32 Å². The van der Waals surface area contributed by atoms with Gasteiger partial charge in [-0.25, -0.2) is 0 Å². The van der Waals surface area contributed by atoms with Gasteiger partial charge in [0, 0.05) is 12.6 Å². The minimum absolute atomic E-state index is 0. The molecule has 0 aliphatic heterocycles. The molecule has 118 valence electrons. The van der Waals surface area contributed by atoms with Crippen molar-refractivity contribution >= 4 is 29.9 Å². The molecule has 1 fully saturated rings. The fourth-order valence-corrected chi connectivity index (χ4v) is 2.74. The van der Waals surface area contributed by atoms with Crippen LogP contribution in [-0.2, 0) is 6.42 Å². The summed E-state index contributed by atoms with van der Waals surface area (Å²) < 4.78 is 0. The summed E-state index contributed by atoms with van der Waals surface area (Å²) >= 11 is 0. The van der Waals surface area contributed by atoms with E-state index in [9.17, 15) is 0 Å². The fraction of sp³-hybridized carbons (Fsp3) is 0.588. The average Bonchev–Trinajstić information content (AvgIpc) is 2.70. The van der Waals surface area contributed by atoms with Gasteiger partial charge in [-0.2, -0.15) is 0 Å². The number of guanidine groups is 1. The Labute approximate surface area is 145 Å². The van der Waals surface area contributed by atoms with Gasteiger partial charge in [0.1, 0.15) is 0 Å². The standard InChI is InChI=1S/C17H27N3.HI/c1-14-8-10-15(11-9-14)12-13-19-17(18)20-16-6-4-2-3-5-7-16;/h8-11,16H,2-7,12-13H2,1H3,(H3,18,19,20);1H. The highest BCUT2D eigenvalue weighted by Gasteiger charge is 2.11. The number of rotatable bonds is 4. The van der Waals surface area contributed by atoms with Crippen LogP contribution in [-0.4, -0.2) is 18.5 Å². The van der Waals surface area contributed by atoms with Gasteiger partial charge in [0.25, 0.3) is 0 Å². The Balaban J connectivity index is 0.00000220. The predicted molar refractivity (Wildman–Crippen MR) is 101 cm³/mol. The monoisotopic (exact) mass is 401 g/mol. The topological polar surface area (TPSA) is 50.4 Å². The Morgan fingerprint density at radius 1 is 1.14 bits per heavy atom. The maximum atomic E-state index is 5.98. The number of hydrogen-bond donors (Lipinski definition) is 2. The van der Waals surface area contributed by atoms with Crippen molar-refractivity contribution < 1.29 is 0 Å². The molecule has 0 spiro atoms. The molecule has 1 aromatic carbocycles. The lowest BCUT2D eigenvalue weighted by Crippen LogP contribution is -2.40. The van der Waals surface area contributed by atoms with E-state index in [1.807, 2.05) is 0 Å². The molecular weight excluding hydrogens is 373 g/mol. The van der Waals surface area contributed by atoms with Gasteiger partial charge in [0.05, 0.1) is 0 Å². The second-order valence-electron chi connectivity index (χ2n) is 5.84. The maximum absolute atomic E-state index is 5.98. The molecule has 4 heteroatoms.